The first-order chi connectivity index (χ1) is 12.8. The molecule has 3 aromatic rings. The van der Waals surface area contributed by atoms with Crippen LogP contribution in [0.1, 0.15) is 33.4 Å². The predicted molar refractivity (Wildman–Crippen MR) is 112 cm³/mol. The molecular formula is C23H24N4. The summed E-state index contributed by atoms with van der Waals surface area (Å²) in [6, 6.07) is 19.8. The van der Waals surface area contributed by atoms with Gasteiger partial charge in [-0.25, -0.2) is 0 Å². The number of hydrogen-bond acceptors (Lipinski definition) is 4. The fraction of sp³-hybridized carbons (Fsp3) is 0.174. The largest absolute Gasteiger partial charge is 0.399 e. The van der Waals surface area contributed by atoms with Gasteiger partial charge in [0.05, 0.1) is 6.07 Å². The number of nitrogens with two attached hydrogens (primary N) is 3. The molecule has 0 atom stereocenters. The zero-order valence-electron chi connectivity index (χ0n) is 15.9. The molecule has 4 heteroatoms. The third kappa shape index (κ3) is 2.98. The van der Waals surface area contributed by atoms with E-state index in [2.05, 4.69) is 6.07 Å². The quantitative estimate of drug-likeness (QED) is 0.483. The second kappa shape index (κ2) is 6.69. The lowest BCUT2D eigenvalue weighted by Gasteiger charge is -2.30. The first-order valence-electron chi connectivity index (χ1n) is 8.80. The zero-order valence-corrected chi connectivity index (χ0v) is 15.9. The molecule has 0 fully saturated rings. The minimum absolute atomic E-state index is 0.701. The van der Waals surface area contributed by atoms with Crippen LogP contribution in [0.3, 0.4) is 0 Å². The van der Waals surface area contributed by atoms with Gasteiger partial charge in [0, 0.05) is 17.1 Å². The third-order valence-electron chi connectivity index (χ3n) is 5.28. The van der Waals surface area contributed by atoms with Crippen molar-refractivity contribution in [3.8, 4) is 6.07 Å². The molecule has 0 spiro atoms. The number of rotatable bonds is 3. The number of nitrogens with zero attached hydrogens (tertiary/aromatic N) is 1. The molecule has 0 unspecified atom stereocenters. The van der Waals surface area contributed by atoms with Gasteiger partial charge in [-0.1, -0.05) is 36.4 Å². The molecule has 0 radical (unpaired) electrons. The van der Waals surface area contributed by atoms with Gasteiger partial charge in [0.2, 0.25) is 0 Å². The Labute approximate surface area is 160 Å². The van der Waals surface area contributed by atoms with Crippen molar-refractivity contribution < 1.29 is 0 Å². The second-order valence-electron chi connectivity index (χ2n) is 7.08. The van der Waals surface area contributed by atoms with Gasteiger partial charge in [0.1, 0.15) is 5.41 Å². The highest BCUT2D eigenvalue weighted by molar-refractivity contribution is 5.64. The molecule has 0 saturated heterocycles. The maximum absolute atomic E-state index is 10.5. The van der Waals surface area contributed by atoms with Gasteiger partial charge in [0.25, 0.3) is 0 Å². The molecule has 0 saturated carbocycles. The highest BCUT2D eigenvalue weighted by Gasteiger charge is 2.37. The molecule has 0 aliphatic rings. The van der Waals surface area contributed by atoms with Gasteiger partial charge < -0.3 is 17.2 Å². The lowest BCUT2D eigenvalue weighted by molar-refractivity contribution is 0.792. The van der Waals surface area contributed by atoms with E-state index in [1.807, 2.05) is 75.4 Å². The summed E-state index contributed by atoms with van der Waals surface area (Å²) in [6.07, 6.45) is 0. The first-order valence-corrected chi connectivity index (χ1v) is 8.80. The maximum Gasteiger partial charge on any atom is 0.132 e. The van der Waals surface area contributed by atoms with Gasteiger partial charge >= 0.3 is 0 Å². The van der Waals surface area contributed by atoms with E-state index in [1.54, 1.807) is 0 Å². The normalized spacial score (nSPS) is 11.2. The van der Waals surface area contributed by atoms with Gasteiger partial charge in [-0.2, -0.15) is 5.26 Å². The van der Waals surface area contributed by atoms with Crippen molar-refractivity contribution in [2.45, 2.75) is 26.2 Å². The minimum atomic E-state index is -0.991. The Balaban J connectivity index is 2.39. The van der Waals surface area contributed by atoms with Gasteiger partial charge in [-0.3, -0.25) is 0 Å². The van der Waals surface area contributed by atoms with Crippen LogP contribution in [0.2, 0.25) is 0 Å². The Morgan fingerprint density at radius 2 is 0.926 bits per heavy atom. The Morgan fingerprint density at radius 3 is 1.15 bits per heavy atom. The Hall–Kier alpha value is -3.45. The summed E-state index contributed by atoms with van der Waals surface area (Å²) in [6.45, 7) is 5.84. The molecule has 0 amide bonds. The van der Waals surface area contributed by atoms with Gasteiger partial charge in [0.15, 0.2) is 0 Å². The number of nitrogen functional groups attached to an aromatic ring is 3. The van der Waals surface area contributed by atoms with Crippen LogP contribution in [0.5, 0.6) is 0 Å². The molecule has 6 N–H and O–H groups in total. The summed E-state index contributed by atoms with van der Waals surface area (Å²) < 4.78 is 0. The van der Waals surface area contributed by atoms with Crippen molar-refractivity contribution in [3.63, 3.8) is 0 Å². The molecule has 3 rings (SSSR count). The highest BCUT2D eigenvalue weighted by Crippen LogP contribution is 2.41. The maximum atomic E-state index is 10.5. The van der Waals surface area contributed by atoms with Crippen LogP contribution in [-0.4, -0.2) is 0 Å². The summed E-state index contributed by atoms with van der Waals surface area (Å²) in [7, 11) is 0. The average molecular weight is 356 g/mol. The van der Waals surface area contributed by atoms with Gasteiger partial charge in [-0.15, -0.1) is 0 Å². The van der Waals surface area contributed by atoms with E-state index in [9.17, 15) is 5.26 Å². The highest BCUT2D eigenvalue weighted by atomic mass is 14.6. The SMILES string of the molecule is Cc1cc(C(C#N)(c2ccc(N)c(C)c2)c2ccc(N)c(C)c2)ccc1N. The van der Waals surface area contributed by atoms with Crippen molar-refractivity contribution in [1.29, 1.82) is 5.26 Å². The molecule has 0 aromatic heterocycles. The molecule has 27 heavy (non-hydrogen) atoms. The van der Waals surface area contributed by atoms with Crippen LogP contribution >= 0.6 is 0 Å². The molecule has 3 aromatic carbocycles. The van der Waals surface area contributed by atoms with E-state index in [1.165, 1.54) is 0 Å². The van der Waals surface area contributed by atoms with E-state index in [0.717, 1.165) is 33.4 Å². The van der Waals surface area contributed by atoms with E-state index in [0.29, 0.717) is 17.1 Å². The lowest BCUT2D eigenvalue weighted by atomic mass is 9.69. The summed E-state index contributed by atoms with van der Waals surface area (Å²) in [5.41, 5.74) is 24.6. The number of anilines is 3. The van der Waals surface area contributed by atoms with Crippen molar-refractivity contribution in [1.82, 2.24) is 0 Å². The predicted octanol–water partition coefficient (Wildman–Crippen LogP) is 4.22. The first kappa shape index (κ1) is 18.3. The van der Waals surface area contributed by atoms with Crippen LogP contribution in [0.4, 0.5) is 17.1 Å². The fourth-order valence-corrected chi connectivity index (χ4v) is 3.42. The van der Waals surface area contributed by atoms with E-state index >= 15 is 0 Å². The summed E-state index contributed by atoms with van der Waals surface area (Å²) in [5, 5.41) is 10.5. The summed E-state index contributed by atoms with van der Waals surface area (Å²) in [5.74, 6) is 0. The number of nitriles is 1. The molecule has 4 nitrogen and oxygen atoms in total. The summed E-state index contributed by atoms with van der Waals surface area (Å²) in [4.78, 5) is 0. The third-order valence-corrected chi connectivity index (χ3v) is 5.28. The van der Waals surface area contributed by atoms with Crippen LogP contribution in [0.15, 0.2) is 54.6 Å². The number of hydrogen-bond donors (Lipinski definition) is 3. The number of benzene rings is 3. The van der Waals surface area contributed by atoms with Crippen LogP contribution < -0.4 is 17.2 Å². The smallest absolute Gasteiger partial charge is 0.132 e. The van der Waals surface area contributed by atoms with Crippen LogP contribution in [0.25, 0.3) is 0 Å². The van der Waals surface area contributed by atoms with E-state index in [4.69, 9.17) is 17.2 Å². The van der Waals surface area contributed by atoms with Crippen LogP contribution in [0, 0.1) is 32.1 Å². The minimum Gasteiger partial charge on any atom is -0.399 e. The average Bonchev–Trinajstić information content (AvgIpc) is 2.64. The second-order valence-corrected chi connectivity index (χ2v) is 7.08. The Morgan fingerprint density at radius 1 is 0.630 bits per heavy atom. The monoisotopic (exact) mass is 356 g/mol. The molecule has 0 aliphatic carbocycles. The molecule has 0 bridgehead atoms. The van der Waals surface area contributed by atoms with Crippen molar-refractivity contribution in [2.24, 2.45) is 0 Å². The van der Waals surface area contributed by atoms with Crippen molar-refractivity contribution >= 4 is 17.1 Å². The Kier molecular flexibility index (Phi) is 4.55. The molecule has 136 valence electrons. The zero-order chi connectivity index (χ0) is 19.8. The lowest BCUT2D eigenvalue weighted by Crippen LogP contribution is -2.28. The van der Waals surface area contributed by atoms with Gasteiger partial charge in [-0.05, 0) is 72.4 Å². The molecule has 0 heterocycles. The number of aryl methyl sites for hydroxylation is 3. The summed E-state index contributed by atoms with van der Waals surface area (Å²) >= 11 is 0. The van der Waals surface area contributed by atoms with E-state index in [-0.39, 0.29) is 0 Å². The Bertz CT molecular complexity index is 935. The molecule has 0 aliphatic heterocycles. The fourth-order valence-electron chi connectivity index (χ4n) is 3.42. The van der Waals surface area contributed by atoms with Crippen molar-refractivity contribution in [2.75, 3.05) is 17.2 Å². The van der Waals surface area contributed by atoms with Crippen molar-refractivity contribution in [3.05, 3.63) is 88.0 Å². The topological polar surface area (TPSA) is 102 Å². The van der Waals surface area contributed by atoms with Crippen LogP contribution in [-0.2, 0) is 5.41 Å². The van der Waals surface area contributed by atoms with E-state index < -0.39 is 5.41 Å². The molecular weight excluding hydrogens is 332 g/mol. The standard InChI is InChI=1S/C23H24N4/c1-14-10-17(4-7-20(14)25)23(13-24,18-5-8-21(26)15(2)11-18)19-6-9-22(27)16(3)12-19/h4-12H,25-27H2,1-3H3.